The molecule has 0 unspecified atom stereocenters. The number of carbonyl (C=O) groups is 1. The molecule has 16 heavy (non-hydrogen) atoms. The number of alkyl halides is 3. The average molecular weight is 234 g/mol. The Labute approximate surface area is 89.2 Å². The molecular formula is C9H9F3N2O2. The number of hydrogen-bond donors (Lipinski definition) is 1. The number of nitrogens with zero attached hydrogens (tertiary/aromatic N) is 1. The van der Waals surface area contributed by atoms with Crippen molar-refractivity contribution in [3.63, 3.8) is 0 Å². The molecule has 4 nitrogen and oxygen atoms in total. The molecule has 1 rings (SSSR count). The molecule has 0 aliphatic heterocycles. The minimum Gasteiger partial charge on any atom is -0.469 e. The molecule has 0 amide bonds. The van der Waals surface area contributed by atoms with E-state index in [0.29, 0.717) is 6.07 Å². The fourth-order valence-electron chi connectivity index (χ4n) is 1.09. The molecule has 0 spiro atoms. The van der Waals surface area contributed by atoms with Crippen LogP contribution in [0, 0.1) is 0 Å². The summed E-state index contributed by atoms with van der Waals surface area (Å²) in [6.45, 7) is 0. The van der Waals surface area contributed by atoms with Crippen LogP contribution in [0.2, 0.25) is 0 Å². The van der Waals surface area contributed by atoms with Crippen molar-refractivity contribution in [2.45, 2.75) is 12.6 Å². The molecule has 0 saturated carbocycles. The molecule has 1 aromatic heterocycles. The van der Waals surface area contributed by atoms with E-state index < -0.39 is 17.7 Å². The fraction of sp³-hybridized carbons (Fsp3) is 0.333. The molecule has 0 atom stereocenters. The van der Waals surface area contributed by atoms with Gasteiger partial charge in [-0.1, -0.05) is 0 Å². The largest absolute Gasteiger partial charge is 0.469 e. The van der Waals surface area contributed by atoms with E-state index in [4.69, 9.17) is 5.73 Å². The summed E-state index contributed by atoms with van der Waals surface area (Å²) in [6, 6.07) is 1.48. The molecule has 7 heteroatoms. The first-order chi connectivity index (χ1) is 7.32. The lowest BCUT2D eigenvalue weighted by molar-refractivity contribution is -0.140. The number of pyridine rings is 1. The van der Waals surface area contributed by atoms with E-state index in [9.17, 15) is 18.0 Å². The second-order valence-electron chi connectivity index (χ2n) is 3.02. The van der Waals surface area contributed by atoms with Crippen molar-refractivity contribution < 1.29 is 22.7 Å². The average Bonchev–Trinajstić information content (AvgIpc) is 2.15. The summed E-state index contributed by atoms with van der Waals surface area (Å²) in [6.07, 6.45) is -4.85. The number of ether oxygens (including phenoxy) is 1. The van der Waals surface area contributed by atoms with E-state index in [-0.39, 0.29) is 17.9 Å². The van der Waals surface area contributed by atoms with E-state index in [0.717, 1.165) is 13.2 Å². The van der Waals surface area contributed by atoms with Gasteiger partial charge in [-0.25, -0.2) is 4.98 Å². The lowest BCUT2D eigenvalue weighted by atomic mass is 10.2. The maximum absolute atomic E-state index is 12.4. The van der Waals surface area contributed by atoms with Gasteiger partial charge in [0.05, 0.1) is 24.8 Å². The molecule has 0 aromatic carbocycles. The SMILES string of the molecule is COC(=O)Cc1cc(C(F)(F)F)cc(N)n1. The first kappa shape index (κ1) is 12.3. The van der Waals surface area contributed by atoms with Crippen molar-refractivity contribution in [2.24, 2.45) is 0 Å². The standard InChI is InChI=1S/C9H9F3N2O2/c1-16-8(15)4-6-2-5(9(10,11)12)3-7(13)14-6/h2-3H,4H2,1H3,(H2,13,14). The quantitative estimate of drug-likeness (QED) is 0.785. The summed E-state index contributed by atoms with van der Waals surface area (Å²) in [5, 5.41) is 0. The van der Waals surface area contributed by atoms with E-state index >= 15 is 0 Å². The topological polar surface area (TPSA) is 65.2 Å². The smallest absolute Gasteiger partial charge is 0.416 e. The van der Waals surface area contributed by atoms with Crippen LogP contribution >= 0.6 is 0 Å². The van der Waals surface area contributed by atoms with Crippen molar-refractivity contribution in [1.82, 2.24) is 4.98 Å². The number of halogens is 3. The Morgan fingerprint density at radius 1 is 1.50 bits per heavy atom. The van der Waals surface area contributed by atoms with Gasteiger partial charge in [0, 0.05) is 0 Å². The summed E-state index contributed by atoms with van der Waals surface area (Å²) < 4.78 is 41.4. The van der Waals surface area contributed by atoms with E-state index in [1.165, 1.54) is 0 Å². The van der Waals surface area contributed by atoms with Gasteiger partial charge < -0.3 is 10.5 Å². The number of anilines is 1. The van der Waals surface area contributed by atoms with Crippen LogP contribution < -0.4 is 5.73 Å². The summed E-state index contributed by atoms with van der Waals surface area (Å²) in [7, 11) is 1.14. The molecule has 0 aliphatic carbocycles. The molecule has 0 fully saturated rings. The number of nitrogen functional groups attached to an aromatic ring is 1. The third kappa shape index (κ3) is 3.11. The van der Waals surface area contributed by atoms with Crippen molar-refractivity contribution in [3.05, 3.63) is 23.4 Å². The first-order valence-corrected chi connectivity index (χ1v) is 4.23. The van der Waals surface area contributed by atoms with Gasteiger partial charge >= 0.3 is 12.1 Å². The third-order valence-corrected chi connectivity index (χ3v) is 1.78. The zero-order valence-electron chi connectivity index (χ0n) is 8.34. The van der Waals surface area contributed by atoms with Gasteiger partial charge in [0.2, 0.25) is 0 Å². The van der Waals surface area contributed by atoms with Gasteiger partial charge in [-0.05, 0) is 12.1 Å². The minimum absolute atomic E-state index is 0.0702. The van der Waals surface area contributed by atoms with Crippen LogP contribution in [-0.4, -0.2) is 18.1 Å². The van der Waals surface area contributed by atoms with Crippen LogP contribution in [0.4, 0.5) is 19.0 Å². The van der Waals surface area contributed by atoms with Crippen LogP contribution in [0.1, 0.15) is 11.3 Å². The van der Waals surface area contributed by atoms with Gasteiger partial charge in [-0.2, -0.15) is 13.2 Å². The number of methoxy groups -OCH3 is 1. The van der Waals surface area contributed by atoms with Crippen LogP contribution in [0.15, 0.2) is 12.1 Å². The number of esters is 1. The molecule has 0 radical (unpaired) electrons. The monoisotopic (exact) mass is 234 g/mol. The van der Waals surface area contributed by atoms with Crippen molar-refractivity contribution in [2.75, 3.05) is 12.8 Å². The third-order valence-electron chi connectivity index (χ3n) is 1.78. The van der Waals surface area contributed by atoms with Gasteiger partial charge in [-0.3, -0.25) is 4.79 Å². The Balaban J connectivity index is 3.04. The van der Waals surface area contributed by atoms with Gasteiger partial charge in [-0.15, -0.1) is 0 Å². The lowest BCUT2D eigenvalue weighted by Gasteiger charge is -2.09. The normalized spacial score (nSPS) is 11.2. The Bertz CT molecular complexity index is 404. The summed E-state index contributed by atoms with van der Waals surface area (Å²) in [4.78, 5) is 14.5. The van der Waals surface area contributed by atoms with E-state index in [1.807, 2.05) is 0 Å². The molecule has 88 valence electrons. The van der Waals surface area contributed by atoms with Crippen molar-refractivity contribution >= 4 is 11.8 Å². The predicted octanol–water partition coefficient (Wildman–Crippen LogP) is 1.40. The molecule has 0 bridgehead atoms. The molecule has 1 heterocycles. The van der Waals surface area contributed by atoms with Crippen LogP contribution in [0.25, 0.3) is 0 Å². The fourth-order valence-corrected chi connectivity index (χ4v) is 1.09. The van der Waals surface area contributed by atoms with Crippen molar-refractivity contribution in [3.8, 4) is 0 Å². The number of carbonyl (C=O) groups excluding carboxylic acids is 1. The number of hydrogen-bond acceptors (Lipinski definition) is 4. The number of aromatic nitrogens is 1. The highest BCUT2D eigenvalue weighted by molar-refractivity contribution is 5.72. The number of rotatable bonds is 2. The Hall–Kier alpha value is -1.79. The summed E-state index contributed by atoms with van der Waals surface area (Å²) in [5.41, 5.74) is 4.21. The predicted molar refractivity (Wildman–Crippen MR) is 49.4 cm³/mol. The highest BCUT2D eigenvalue weighted by atomic mass is 19.4. The van der Waals surface area contributed by atoms with Gasteiger partial charge in [0.15, 0.2) is 0 Å². The zero-order chi connectivity index (χ0) is 12.3. The minimum atomic E-state index is -4.51. The molecule has 0 aliphatic rings. The zero-order valence-corrected chi connectivity index (χ0v) is 8.34. The van der Waals surface area contributed by atoms with Crippen LogP contribution in [-0.2, 0) is 22.1 Å². The highest BCUT2D eigenvalue weighted by Crippen LogP contribution is 2.30. The van der Waals surface area contributed by atoms with E-state index in [1.54, 1.807) is 0 Å². The van der Waals surface area contributed by atoms with Crippen LogP contribution in [0.3, 0.4) is 0 Å². The second-order valence-corrected chi connectivity index (χ2v) is 3.02. The van der Waals surface area contributed by atoms with Crippen molar-refractivity contribution in [1.29, 1.82) is 0 Å². The van der Waals surface area contributed by atoms with E-state index in [2.05, 4.69) is 9.72 Å². The maximum atomic E-state index is 12.4. The Kier molecular flexibility index (Phi) is 3.36. The Morgan fingerprint density at radius 2 is 2.12 bits per heavy atom. The molecule has 1 aromatic rings. The van der Waals surface area contributed by atoms with Gasteiger partial charge in [0.25, 0.3) is 0 Å². The summed E-state index contributed by atoms with van der Waals surface area (Å²) >= 11 is 0. The Morgan fingerprint density at radius 3 is 2.62 bits per heavy atom. The first-order valence-electron chi connectivity index (χ1n) is 4.23. The van der Waals surface area contributed by atoms with Crippen LogP contribution in [0.5, 0.6) is 0 Å². The highest BCUT2D eigenvalue weighted by Gasteiger charge is 2.31. The molecular weight excluding hydrogens is 225 g/mol. The maximum Gasteiger partial charge on any atom is 0.416 e. The second kappa shape index (κ2) is 4.38. The molecule has 0 saturated heterocycles. The number of nitrogens with two attached hydrogens (primary N) is 1. The summed E-state index contributed by atoms with van der Waals surface area (Å²) in [5.74, 6) is -0.958. The lowest BCUT2D eigenvalue weighted by Crippen LogP contribution is -2.11. The molecule has 2 N–H and O–H groups in total. The van der Waals surface area contributed by atoms with Gasteiger partial charge in [0.1, 0.15) is 5.82 Å².